The van der Waals surface area contributed by atoms with Gasteiger partial charge in [0, 0.05) is 18.3 Å². The first-order chi connectivity index (χ1) is 7.15. The number of nitrogens with two attached hydrogens (primary N) is 1. The highest BCUT2D eigenvalue weighted by Gasteiger charge is 2.21. The summed E-state index contributed by atoms with van der Waals surface area (Å²) in [7, 11) is 0. The summed E-state index contributed by atoms with van der Waals surface area (Å²) < 4.78 is 25.3. The van der Waals surface area contributed by atoms with Gasteiger partial charge in [-0.1, -0.05) is 0 Å². The molecule has 3 N–H and O–H groups in total. The van der Waals surface area contributed by atoms with Crippen molar-refractivity contribution < 1.29 is 13.9 Å². The van der Waals surface area contributed by atoms with Gasteiger partial charge in [0.15, 0.2) is 0 Å². The summed E-state index contributed by atoms with van der Waals surface area (Å²) in [6, 6.07) is 1.64. The first-order valence-electron chi connectivity index (χ1n) is 4.15. The molecule has 15 heavy (non-hydrogen) atoms. The summed E-state index contributed by atoms with van der Waals surface area (Å²) in [5.74, 6) is 0. The van der Waals surface area contributed by atoms with Gasteiger partial charge in [0.2, 0.25) is 0 Å². The van der Waals surface area contributed by atoms with E-state index in [9.17, 15) is 8.78 Å². The number of alkyl halides is 2. The van der Waals surface area contributed by atoms with E-state index in [1.165, 1.54) is 6.20 Å². The number of aromatic nitrogens is 1. The Hall–Kier alpha value is -1.58. The molecular formula is C9H9F2N3O. The van der Waals surface area contributed by atoms with Gasteiger partial charge in [-0.25, -0.2) is 8.78 Å². The number of nitrogens with zero attached hydrogens (tertiary/aromatic N) is 2. The van der Waals surface area contributed by atoms with Crippen LogP contribution in [0.3, 0.4) is 0 Å². The molecule has 0 aliphatic rings. The maximum absolute atomic E-state index is 12.7. The van der Waals surface area contributed by atoms with E-state index in [4.69, 9.17) is 16.1 Å². The molecule has 0 atom stereocenters. The quantitative estimate of drug-likeness (QED) is 0.779. The van der Waals surface area contributed by atoms with Gasteiger partial charge in [0.1, 0.15) is 6.07 Å². The highest BCUT2D eigenvalue weighted by molar-refractivity contribution is 5.45. The molecule has 0 amide bonds. The Morgan fingerprint density at radius 2 is 2.27 bits per heavy atom. The van der Waals surface area contributed by atoms with E-state index in [2.05, 4.69) is 4.98 Å². The SMILES string of the molecule is N#Cc1c(CO)cnc(CN)c1C(F)F. The summed E-state index contributed by atoms with van der Waals surface area (Å²) in [6.45, 7) is -0.666. The molecule has 1 rings (SSSR count). The molecule has 80 valence electrons. The third-order valence-electron chi connectivity index (χ3n) is 1.97. The zero-order valence-corrected chi connectivity index (χ0v) is 7.74. The predicted octanol–water partition coefficient (Wildman–Crippen LogP) is 0.842. The van der Waals surface area contributed by atoms with Crippen molar-refractivity contribution in [2.75, 3.05) is 0 Å². The minimum Gasteiger partial charge on any atom is -0.392 e. The lowest BCUT2D eigenvalue weighted by Gasteiger charge is -2.10. The van der Waals surface area contributed by atoms with Crippen LogP contribution in [0.15, 0.2) is 6.20 Å². The molecule has 1 aromatic heterocycles. The lowest BCUT2D eigenvalue weighted by atomic mass is 10.0. The third kappa shape index (κ3) is 2.09. The highest BCUT2D eigenvalue weighted by atomic mass is 19.3. The summed E-state index contributed by atoms with van der Waals surface area (Å²) in [4.78, 5) is 3.68. The van der Waals surface area contributed by atoms with Gasteiger partial charge in [-0.3, -0.25) is 4.98 Å². The van der Waals surface area contributed by atoms with Crippen LogP contribution < -0.4 is 5.73 Å². The largest absolute Gasteiger partial charge is 0.392 e. The smallest absolute Gasteiger partial charge is 0.266 e. The van der Waals surface area contributed by atoms with E-state index < -0.39 is 18.6 Å². The average Bonchev–Trinajstić information content (AvgIpc) is 2.26. The second-order valence-electron chi connectivity index (χ2n) is 2.79. The Balaban J connectivity index is 3.46. The van der Waals surface area contributed by atoms with Crippen molar-refractivity contribution in [2.45, 2.75) is 19.6 Å². The molecule has 0 fully saturated rings. The van der Waals surface area contributed by atoms with Crippen molar-refractivity contribution in [2.24, 2.45) is 5.73 Å². The van der Waals surface area contributed by atoms with Crippen LogP contribution in [-0.4, -0.2) is 10.1 Å². The van der Waals surface area contributed by atoms with Crippen LogP contribution in [0.5, 0.6) is 0 Å². The van der Waals surface area contributed by atoms with Crippen molar-refractivity contribution in [1.29, 1.82) is 5.26 Å². The number of aliphatic hydroxyl groups is 1. The van der Waals surface area contributed by atoms with E-state index in [0.717, 1.165) is 0 Å². The van der Waals surface area contributed by atoms with Gasteiger partial charge in [0.05, 0.1) is 23.4 Å². The van der Waals surface area contributed by atoms with Gasteiger partial charge in [-0.2, -0.15) is 5.26 Å². The molecule has 0 aliphatic carbocycles. The summed E-state index contributed by atoms with van der Waals surface area (Å²) in [6.07, 6.45) is -1.63. The average molecular weight is 213 g/mol. The van der Waals surface area contributed by atoms with Crippen LogP contribution in [0.2, 0.25) is 0 Å². The fraction of sp³-hybridized carbons (Fsp3) is 0.333. The Morgan fingerprint density at radius 1 is 1.60 bits per heavy atom. The van der Waals surface area contributed by atoms with Crippen LogP contribution in [-0.2, 0) is 13.2 Å². The third-order valence-corrected chi connectivity index (χ3v) is 1.97. The van der Waals surface area contributed by atoms with Crippen molar-refractivity contribution in [3.8, 4) is 6.07 Å². The maximum Gasteiger partial charge on any atom is 0.266 e. The van der Waals surface area contributed by atoms with Gasteiger partial charge in [-0.15, -0.1) is 0 Å². The number of rotatable bonds is 3. The minimum absolute atomic E-state index is 0.0150. The number of hydrogen-bond donors (Lipinski definition) is 2. The summed E-state index contributed by atoms with van der Waals surface area (Å²) in [5, 5.41) is 17.6. The summed E-state index contributed by atoms with van der Waals surface area (Å²) in [5.41, 5.74) is 4.60. The zero-order valence-electron chi connectivity index (χ0n) is 7.74. The molecule has 0 saturated carbocycles. The molecule has 0 aromatic carbocycles. The van der Waals surface area contributed by atoms with Crippen LogP contribution >= 0.6 is 0 Å². The van der Waals surface area contributed by atoms with Gasteiger partial charge in [-0.05, 0) is 0 Å². The fourth-order valence-corrected chi connectivity index (χ4v) is 1.26. The monoisotopic (exact) mass is 213 g/mol. The van der Waals surface area contributed by atoms with E-state index in [1.54, 1.807) is 6.07 Å². The normalized spacial score (nSPS) is 10.4. The van der Waals surface area contributed by atoms with Crippen LogP contribution in [0.25, 0.3) is 0 Å². The maximum atomic E-state index is 12.7. The number of hydrogen-bond acceptors (Lipinski definition) is 4. The van der Waals surface area contributed by atoms with Crippen LogP contribution in [0, 0.1) is 11.3 Å². The van der Waals surface area contributed by atoms with Crippen LogP contribution in [0.1, 0.15) is 28.8 Å². The van der Waals surface area contributed by atoms with E-state index >= 15 is 0 Å². The van der Waals surface area contributed by atoms with Gasteiger partial charge < -0.3 is 10.8 Å². The highest BCUT2D eigenvalue weighted by Crippen LogP contribution is 2.27. The number of nitriles is 1. The predicted molar refractivity (Wildman–Crippen MR) is 47.7 cm³/mol. The van der Waals surface area contributed by atoms with Gasteiger partial charge in [0.25, 0.3) is 6.43 Å². The first kappa shape index (κ1) is 11.5. The fourth-order valence-electron chi connectivity index (χ4n) is 1.26. The van der Waals surface area contributed by atoms with Crippen molar-refractivity contribution in [1.82, 2.24) is 4.98 Å². The van der Waals surface area contributed by atoms with Crippen molar-refractivity contribution >= 4 is 0 Å². The van der Waals surface area contributed by atoms with Crippen molar-refractivity contribution in [3.05, 3.63) is 28.6 Å². The van der Waals surface area contributed by atoms with E-state index in [-0.39, 0.29) is 23.4 Å². The number of aliphatic hydroxyl groups excluding tert-OH is 1. The molecule has 4 nitrogen and oxygen atoms in total. The number of halogens is 2. The topological polar surface area (TPSA) is 82.9 Å². The Morgan fingerprint density at radius 3 is 2.67 bits per heavy atom. The molecule has 0 unspecified atom stereocenters. The first-order valence-corrected chi connectivity index (χ1v) is 4.15. The lowest BCUT2D eigenvalue weighted by molar-refractivity contribution is 0.149. The molecule has 6 heteroatoms. The standard InChI is InChI=1S/C9H9F2N3O/c10-9(11)8-6(1-12)5(4-15)3-14-7(8)2-13/h3,9,15H,2,4,13H2. The molecule has 0 bridgehead atoms. The molecule has 0 aliphatic heterocycles. The van der Waals surface area contributed by atoms with E-state index in [1.807, 2.05) is 0 Å². The molecule has 0 spiro atoms. The number of pyridine rings is 1. The van der Waals surface area contributed by atoms with Gasteiger partial charge >= 0.3 is 0 Å². The zero-order chi connectivity index (χ0) is 11.4. The Labute approximate surface area is 85.0 Å². The molecule has 0 saturated heterocycles. The molecule has 1 aromatic rings. The Kier molecular flexibility index (Phi) is 3.66. The Bertz CT molecular complexity index is 401. The molecule has 1 heterocycles. The minimum atomic E-state index is -2.82. The second kappa shape index (κ2) is 4.77. The lowest BCUT2D eigenvalue weighted by Crippen LogP contribution is -2.09. The molecular weight excluding hydrogens is 204 g/mol. The summed E-state index contributed by atoms with van der Waals surface area (Å²) >= 11 is 0. The second-order valence-corrected chi connectivity index (χ2v) is 2.79. The van der Waals surface area contributed by atoms with Crippen LogP contribution in [0.4, 0.5) is 8.78 Å². The molecule has 0 radical (unpaired) electrons. The van der Waals surface area contributed by atoms with E-state index in [0.29, 0.717) is 0 Å². The van der Waals surface area contributed by atoms with Crippen molar-refractivity contribution in [3.63, 3.8) is 0 Å².